The largest absolute Gasteiger partial charge is 0.497 e. The summed E-state index contributed by atoms with van der Waals surface area (Å²) in [7, 11) is 1.69. The highest BCUT2D eigenvalue weighted by molar-refractivity contribution is 5.93. The smallest absolute Gasteiger partial charge is 0.118 e. The minimum absolute atomic E-state index is 0.485. The number of likely N-dealkylation sites (tertiary alicyclic amines) is 1. The SMILES string of the molecule is COc1ccc(-c2cc(NC3CCN(CCCN)CC3)c3ccccc3n2)cc1. The molecule has 5 nitrogen and oxygen atoms in total. The second-order valence-electron chi connectivity index (χ2n) is 7.70. The Labute approximate surface area is 172 Å². The number of methoxy groups -OCH3 is 1. The average molecular weight is 391 g/mol. The quantitative estimate of drug-likeness (QED) is 0.635. The first-order valence-electron chi connectivity index (χ1n) is 10.5. The molecule has 2 aromatic carbocycles. The number of nitrogens with two attached hydrogens (primary N) is 1. The average Bonchev–Trinajstić information content (AvgIpc) is 2.78. The molecule has 0 spiro atoms. The molecule has 1 aliphatic rings. The number of anilines is 1. The third-order valence-corrected chi connectivity index (χ3v) is 5.73. The molecule has 0 bridgehead atoms. The fourth-order valence-electron chi connectivity index (χ4n) is 4.04. The molecule has 3 aromatic rings. The lowest BCUT2D eigenvalue weighted by Crippen LogP contribution is -2.39. The van der Waals surface area contributed by atoms with Gasteiger partial charge >= 0.3 is 0 Å². The van der Waals surface area contributed by atoms with Crippen molar-refractivity contribution in [2.45, 2.75) is 25.3 Å². The van der Waals surface area contributed by atoms with Crippen LogP contribution in [-0.2, 0) is 0 Å². The molecule has 1 fully saturated rings. The number of ether oxygens (including phenoxy) is 1. The maximum atomic E-state index is 5.65. The molecule has 152 valence electrons. The van der Waals surface area contributed by atoms with E-state index in [1.165, 1.54) is 11.1 Å². The molecular formula is C24H30N4O. The highest BCUT2D eigenvalue weighted by atomic mass is 16.5. The number of aromatic nitrogens is 1. The third-order valence-electron chi connectivity index (χ3n) is 5.73. The summed E-state index contributed by atoms with van der Waals surface area (Å²) < 4.78 is 5.29. The molecular weight excluding hydrogens is 360 g/mol. The zero-order valence-electron chi connectivity index (χ0n) is 17.1. The van der Waals surface area contributed by atoms with Crippen LogP contribution in [0.25, 0.3) is 22.2 Å². The van der Waals surface area contributed by atoms with Gasteiger partial charge < -0.3 is 20.7 Å². The number of nitrogens with zero attached hydrogens (tertiary/aromatic N) is 2. The monoisotopic (exact) mass is 390 g/mol. The maximum Gasteiger partial charge on any atom is 0.118 e. The number of benzene rings is 2. The van der Waals surface area contributed by atoms with Gasteiger partial charge in [-0.25, -0.2) is 4.98 Å². The summed E-state index contributed by atoms with van der Waals surface area (Å²) in [6, 6.07) is 19.1. The van der Waals surface area contributed by atoms with Crippen molar-refractivity contribution < 1.29 is 4.74 Å². The molecule has 0 atom stereocenters. The van der Waals surface area contributed by atoms with E-state index in [9.17, 15) is 0 Å². The van der Waals surface area contributed by atoms with E-state index in [2.05, 4.69) is 46.6 Å². The maximum absolute atomic E-state index is 5.65. The van der Waals surface area contributed by atoms with E-state index < -0.39 is 0 Å². The van der Waals surface area contributed by atoms with Crippen molar-refractivity contribution in [1.29, 1.82) is 0 Å². The van der Waals surface area contributed by atoms with E-state index in [1.54, 1.807) is 7.11 Å². The van der Waals surface area contributed by atoms with E-state index in [-0.39, 0.29) is 0 Å². The summed E-state index contributed by atoms with van der Waals surface area (Å²) in [5.41, 5.74) is 9.91. The Morgan fingerprint density at radius 3 is 2.59 bits per heavy atom. The Hall–Kier alpha value is -2.63. The lowest BCUT2D eigenvalue weighted by molar-refractivity contribution is 0.218. The number of rotatable bonds is 7. The number of pyridine rings is 1. The lowest BCUT2D eigenvalue weighted by Gasteiger charge is -2.33. The summed E-state index contributed by atoms with van der Waals surface area (Å²) >= 11 is 0. The molecule has 5 heteroatoms. The number of nitrogens with one attached hydrogen (secondary N) is 1. The first kappa shape index (κ1) is 19.7. The van der Waals surface area contributed by atoms with Gasteiger partial charge in [0.05, 0.1) is 18.3 Å². The second-order valence-corrected chi connectivity index (χ2v) is 7.70. The first-order valence-corrected chi connectivity index (χ1v) is 10.5. The summed E-state index contributed by atoms with van der Waals surface area (Å²) in [6.07, 6.45) is 3.39. The molecule has 4 rings (SSSR count). The van der Waals surface area contributed by atoms with Crippen LogP contribution in [0.15, 0.2) is 54.6 Å². The fourth-order valence-corrected chi connectivity index (χ4v) is 4.04. The Kier molecular flexibility index (Phi) is 6.27. The van der Waals surface area contributed by atoms with E-state index in [0.29, 0.717) is 6.04 Å². The predicted octanol–water partition coefficient (Wildman–Crippen LogP) is 4.14. The van der Waals surface area contributed by atoms with Crippen molar-refractivity contribution in [3.8, 4) is 17.0 Å². The molecule has 1 saturated heterocycles. The van der Waals surface area contributed by atoms with Gasteiger partial charge in [-0.1, -0.05) is 18.2 Å². The summed E-state index contributed by atoms with van der Waals surface area (Å²) in [4.78, 5) is 7.43. The molecule has 2 heterocycles. The van der Waals surface area contributed by atoms with Crippen LogP contribution in [0.3, 0.4) is 0 Å². The van der Waals surface area contributed by atoms with Crippen LogP contribution in [-0.4, -0.2) is 49.2 Å². The van der Waals surface area contributed by atoms with Gasteiger partial charge in [-0.05, 0) is 68.8 Å². The van der Waals surface area contributed by atoms with Crippen molar-refractivity contribution in [1.82, 2.24) is 9.88 Å². The summed E-state index contributed by atoms with van der Waals surface area (Å²) in [6.45, 7) is 4.15. The highest BCUT2D eigenvalue weighted by Gasteiger charge is 2.19. The highest BCUT2D eigenvalue weighted by Crippen LogP contribution is 2.30. The second kappa shape index (κ2) is 9.25. The molecule has 0 amide bonds. The zero-order valence-corrected chi connectivity index (χ0v) is 17.1. The molecule has 0 radical (unpaired) electrons. The zero-order chi connectivity index (χ0) is 20.1. The van der Waals surface area contributed by atoms with Gasteiger partial charge in [0.25, 0.3) is 0 Å². The van der Waals surface area contributed by atoms with E-state index in [0.717, 1.165) is 68.0 Å². The molecule has 0 unspecified atom stereocenters. The van der Waals surface area contributed by atoms with Crippen molar-refractivity contribution in [2.75, 3.05) is 38.6 Å². The van der Waals surface area contributed by atoms with Gasteiger partial charge in [-0.2, -0.15) is 0 Å². The van der Waals surface area contributed by atoms with Crippen molar-refractivity contribution in [3.05, 3.63) is 54.6 Å². The van der Waals surface area contributed by atoms with Gasteiger partial charge in [0.1, 0.15) is 5.75 Å². The Balaban J connectivity index is 1.56. The van der Waals surface area contributed by atoms with Crippen molar-refractivity contribution in [2.24, 2.45) is 5.73 Å². The number of para-hydroxylation sites is 1. The van der Waals surface area contributed by atoms with Crippen LogP contribution in [0.4, 0.5) is 5.69 Å². The normalized spacial score (nSPS) is 15.5. The van der Waals surface area contributed by atoms with Crippen LogP contribution in [0.2, 0.25) is 0 Å². The van der Waals surface area contributed by atoms with Crippen LogP contribution in [0.1, 0.15) is 19.3 Å². The standard InChI is InChI=1S/C24H30N4O/c1-29-20-9-7-18(8-10-20)23-17-24(21-5-2-3-6-22(21)27-23)26-19-11-15-28(16-12-19)14-4-13-25/h2-3,5-10,17,19H,4,11-16,25H2,1H3,(H,26,27). The third kappa shape index (κ3) is 4.69. The van der Waals surface area contributed by atoms with Gasteiger partial charge in [0, 0.05) is 35.8 Å². The predicted molar refractivity (Wildman–Crippen MR) is 120 cm³/mol. The molecule has 1 aliphatic heterocycles. The Morgan fingerprint density at radius 2 is 1.86 bits per heavy atom. The van der Waals surface area contributed by atoms with Gasteiger partial charge in [0.15, 0.2) is 0 Å². The van der Waals surface area contributed by atoms with Gasteiger partial charge in [-0.3, -0.25) is 0 Å². The van der Waals surface area contributed by atoms with Gasteiger partial charge in [0.2, 0.25) is 0 Å². The van der Waals surface area contributed by atoms with E-state index in [1.807, 2.05) is 18.2 Å². The fraction of sp³-hybridized carbons (Fsp3) is 0.375. The van der Waals surface area contributed by atoms with Crippen LogP contribution in [0, 0.1) is 0 Å². The first-order chi connectivity index (χ1) is 14.3. The molecule has 29 heavy (non-hydrogen) atoms. The summed E-state index contributed by atoms with van der Waals surface area (Å²) in [5.74, 6) is 0.856. The Morgan fingerprint density at radius 1 is 1.10 bits per heavy atom. The van der Waals surface area contributed by atoms with Crippen molar-refractivity contribution in [3.63, 3.8) is 0 Å². The molecule has 3 N–H and O–H groups in total. The number of hydrogen-bond donors (Lipinski definition) is 2. The molecule has 1 aromatic heterocycles. The van der Waals surface area contributed by atoms with Crippen LogP contribution in [0.5, 0.6) is 5.75 Å². The van der Waals surface area contributed by atoms with Crippen molar-refractivity contribution >= 4 is 16.6 Å². The summed E-state index contributed by atoms with van der Waals surface area (Å²) in [5, 5.41) is 4.99. The lowest BCUT2D eigenvalue weighted by atomic mass is 10.0. The number of fused-ring (bicyclic) bond motifs is 1. The van der Waals surface area contributed by atoms with E-state index >= 15 is 0 Å². The van der Waals surface area contributed by atoms with Crippen LogP contribution >= 0.6 is 0 Å². The van der Waals surface area contributed by atoms with Gasteiger partial charge in [-0.15, -0.1) is 0 Å². The Bertz CT molecular complexity index is 933. The molecule has 0 aliphatic carbocycles. The minimum atomic E-state index is 0.485. The molecule has 0 saturated carbocycles. The topological polar surface area (TPSA) is 63.4 Å². The minimum Gasteiger partial charge on any atom is -0.497 e. The number of piperidine rings is 1. The van der Waals surface area contributed by atoms with E-state index in [4.69, 9.17) is 15.5 Å². The van der Waals surface area contributed by atoms with Crippen LogP contribution < -0.4 is 15.8 Å². The number of hydrogen-bond acceptors (Lipinski definition) is 5.